The molecule has 4 heteroatoms. The van der Waals surface area contributed by atoms with E-state index in [-0.39, 0.29) is 0 Å². The van der Waals surface area contributed by atoms with Crippen LogP contribution in [0.3, 0.4) is 0 Å². The van der Waals surface area contributed by atoms with Crippen molar-refractivity contribution in [3.8, 4) is 5.75 Å². The van der Waals surface area contributed by atoms with Crippen LogP contribution in [0, 0.1) is 0 Å². The molecule has 2 heterocycles. The van der Waals surface area contributed by atoms with Gasteiger partial charge >= 0.3 is 0 Å². The fourth-order valence-electron chi connectivity index (χ4n) is 3.27. The first kappa shape index (κ1) is 15.2. The molecule has 1 aromatic rings. The minimum Gasteiger partial charge on any atom is -0.497 e. The van der Waals surface area contributed by atoms with Gasteiger partial charge in [-0.3, -0.25) is 4.90 Å². The molecule has 2 aliphatic rings. The number of rotatable bonds is 4. The molecule has 0 saturated carbocycles. The summed E-state index contributed by atoms with van der Waals surface area (Å²) in [6.07, 6.45) is 4.03. The highest BCUT2D eigenvalue weighted by Gasteiger charge is 2.27. The topological polar surface area (TPSA) is 21.7 Å². The van der Waals surface area contributed by atoms with E-state index in [2.05, 4.69) is 28.8 Å². The van der Waals surface area contributed by atoms with Crippen molar-refractivity contribution < 1.29 is 9.47 Å². The highest BCUT2D eigenvalue weighted by atomic mass is 32.2. The third kappa shape index (κ3) is 4.15. The van der Waals surface area contributed by atoms with E-state index in [9.17, 15) is 0 Å². The molecule has 0 unspecified atom stereocenters. The van der Waals surface area contributed by atoms with Crippen molar-refractivity contribution in [3.63, 3.8) is 0 Å². The monoisotopic (exact) mass is 307 g/mol. The largest absolute Gasteiger partial charge is 0.497 e. The van der Waals surface area contributed by atoms with Gasteiger partial charge in [0.05, 0.1) is 19.8 Å². The Labute approximate surface area is 132 Å². The van der Waals surface area contributed by atoms with Crippen LogP contribution in [0.25, 0.3) is 0 Å². The van der Waals surface area contributed by atoms with Gasteiger partial charge in [-0.15, -0.1) is 0 Å². The van der Waals surface area contributed by atoms with Crippen molar-refractivity contribution in [2.45, 2.75) is 31.4 Å². The SMILES string of the molecule is COc1ccc(C[C@@H]2CN(C3CCSCC3)CCO2)cc1. The maximum atomic E-state index is 5.98. The van der Waals surface area contributed by atoms with Crippen LogP contribution in [-0.2, 0) is 11.2 Å². The number of thioether (sulfide) groups is 1. The maximum absolute atomic E-state index is 5.98. The first-order chi connectivity index (χ1) is 10.3. The number of hydrogen-bond acceptors (Lipinski definition) is 4. The molecule has 3 nitrogen and oxygen atoms in total. The summed E-state index contributed by atoms with van der Waals surface area (Å²) in [5.74, 6) is 3.57. The number of ether oxygens (including phenoxy) is 2. The summed E-state index contributed by atoms with van der Waals surface area (Å²) in [5.41, 5.74) is 1.34. The van der Waals surface area contributed by atoms with Gasteiger partial charge < -0.3 is 9.47 Å². The van der Waals surface area contributed by atoms with Crippen LogP contribution in [0.5, 0.6) is 5.75 Å². The fraction of sp³-hybridized carbons (Fsp3) is 0.647. The van der Waals surface area contributed by atoms with Gasteiger partial charge in [0.25, 0.3) is 0 Å². The normalized spacial score (nSPS) is 24.9. The highest BCUT2D eigenvalue weighted by Crippen LogP contribution is 2.24. The molecule has 2 fully saturated rings. The quantitative estimate of drug-likeness (QED) is 0.852. The predicted octanol–water partition coefficient (Wildman–Crippen LogP) is 2.83. The summed E-state index contributed by atoms with van der Waals surface area (Å²) in [5, 5.41) is 0. The second kappa shape index (κ2) is 7.52. The Hall–Kier alpha value is -0.710. The number of methoxy groups -OCH3 is 1. The first-order valence-electron chi connectivity index (χ1n) is 7.91. The van der Waals surface area contributed by atoms with Crippen LogP contribution in [-0.4, -0.2) is 55.4 Å². The van der Waals surface area contributed by atoms with Crippen LogP contribution in [0.2, 0.25) is 0 Å². The van der Waals surface area contributed by atoms with Crippen molar-refractivity contribution in [1.82, 2.24) is 4.90 Å². The lowest BCUT2D eigenvalue weighted by Crippen LogP contribution is -2.49. The molecule has 3 rings (SSSR count). The predicted molar refractivity (Wildman–Crippen MR) is 88.4 cm³/mol. The molecular formula is C17H25NO2S. The summed E-state index contributed by atoms with van der Waals surface area (Å²) in [6.45, 7) is 3.07. The van der Waals surface area contributed by atoms with E-state index in [4.69, 9.17) is 9.47 Å². The Morgan fingerprint density at radius 1 is 1.24 bits per heavy atom. The van der Waals surface area contributed by atoms with E-state index >= 15 is 0 Å². The number of nitrogens with zero attached hydrogens (tertiary/aromatic N) is 1. The van der Waals surface area contributed by atoms with E-state index in [0.29, 0.717) is 6.10 Å². The summed E-state index contributed by atoms with van der Waals surface area (Å²) >= 11 is 2.10. The van der Waals surface area contributed by atoms with Crippen LogP contribution >= 0.6 is 11.8 Å². The molecule has 0 aromatic heterocycles. The van der Waals surface area contributed by atoms with E-state index in [1.54, 1.807) is 7.11 Å². The average molecular weight is 307 g/mol. The minimum atomic E-state index is 0.335. The zero-order chi connectivity index (χ0) is 14.5. The Bertz CT molecular complexity index is 431. The van der Waals surface area contributed by atoms with E-state index in [1.807, 2.05) is 12.1 Å². The minimum absolute atomic E-state index is 0.335. The molecule has 0 bridgehead atoms. The third-order valence-electron chi connectivity index (χ3n) is 4.50. The van der Waals surface area contributed by atoms with Gasteiger partial charge in [-0.05, 0) is 48.5 Å². The van der Waals surface area contributed by atoms with Gasteiger partial charge in [0.1, 0.15) is 5.75 Å². The zero-order valence-corrected chi connectivity index (χ0v) is 13.6. The lowest BCUT2D eigenvalue weighted by atomic mass is 10.0. The first-order valence-corrected chi connectivity index (χ1v) is 9.07. The van der Waals surface area contributed by atoms with Gasteiger partial charge in [-0.25, -0.2) is 0 Å². The van der Waals surface area contributed by atoms with Gasteiger partial charge in [0, 0.05) is 19.1 Å². The molecule has 0 radical (unpaired) electrons. The second-order valence-electron chi connectivity index (χ2n) is 5.88. The van der Waals surface area contributed by atoms with E-state index in [1.165, 1.54) is 29.9 Å². The molecule has 2 saturated heterocycles. The summed E-state index contributed by atoms with van der Waals surface area (Å²) < 4.78 is 11.2. The summed E-state index contributed by atoms with van der Waals surface area (Å²) in [4.78, 5) is 2.66. The van der Waals surface area contributed by atoms with E-state index < -0.39 is 0 Å². The highest BCUT2D eigenvalue weighted by molar-refractivity contribution is 7.99. The van der Waals surface area contributed by atoms with Crippen molar-refractivity contribution in [2.24, 2.45) is 0 Å². The van der Waals surface area contributed by atoms with Crippen molar-refractivity contribution >= 4 is 11.8 Å². The Morgan fingerprint density at radius 3 is 2.71 bits per heavy atom. The number of morpholine rings is 1. The molecule has 0 N–H and O–H groups in total. The number of hydrogen-bond donors (Lipinski definition) is 0. The van der Waals surface area contributed by atoms with Gasteiger partial charge in [0.15, 0.2) is 0 Å². The molecule has 21 heavy (non-hydrogen) atoms. The lowest BCUT2D eigenvalue weighted by Gasteiger charge is -2.39. The Kier molecular flexibility index (Phi) is 5.44. The second-order valence-corrected chi connectivity index (χ2v) is 7.11. The van der Waals surface area contributed by atoms with Crippen molar-refractivity contribution in [2.75, 3.05) is 38.3 Å². The molecule has 0 amide bonds. The maximum Gasteiger partial charge on any atom is 0.118 e. The molecule has 1 atom stereocenters. The third-order valence-corrected chi connectivity index (χ3v) is 5.55. The smallest absolute Gasteiger partial charge is 0.118 e. The summed E-state index contributed by atoms with van der Waals surface area (Å²) in [6, 6.07) is 9.16. The van der Waals surface area contributed by atoms with Crippen LogP contribution in [0.1, 0.15) is 18.4 Å². The fourth-order valence-corrected chi connectivity index (χ4v) is 4.35. The number of benzene rings is 1. The molecule has 116 valence electrons. The van der Waals surface area contributed by atoms with Crippen LogP contribution < -0.4 is 4.74 Å². The average Bonchev–Trinajstić information content (AvgIpc) is 2.57. The zero-order valence-electron chi connectivity index (χ0n) is 12.8. The molecule has 0 spiro atoms. The molecule has 2 aliphatic heterocycles. The van der Waals surface area contributed by atoms with E-state index in [0.717, 1.165) is 37.9 Å². The van der Waals surface area contributed by atoms with Crippen LogP contribution in [0.4, 0.5) is 0 Å². The Morgan fingerprint density at radius 2 is 2.00 bits per heavy atom. The van der Waals surface area contributed by atoms with Crippen molar-refractivity contribution in [3.05, 3.63) is 29.8 Å². The van der Waals surface area contributed by atoms with Crippen LogP contribution in [0.15, 0.2) is 24.3 Å². The Balaban J connectivity index is 1.55. The lowest BCUT2D eigenvalue weighted by molar-refractivity contribution is -0.0435. The molecular weight excluding hydrogens is 282 g/mol. The van der Waals surface area contributed by atoms with Gasteiger partial charge in [-0.2, -0.15) is 11.8 Å². The van der Waals surface area contributed by atoms with Gasteiger partial charge in [0.2, 0.25) is 0 Å². The molecule has 0 aliphatic carbocycles. The van der Waals surface area contributed by atoms with Crippen molar-refractivity contribution in [1.29, 1.82) is 0 Å². The standard InChI is InChI=1S/C17H25NO2S/c1-19-16-4-2-14(3-5-16)12-17-13-18(8-9-20-17)15-6-10-21-11-7-15/h2-5,15,17H,6-13H2,1H3/t17-/m1/s1. The van der Waals surface area contributed by atoms with Gasteiger partial charge in [-0.1, -0.05) is 12.1 Å². The molecule has 1 aromatic carbocycles. The summed E-state index contributed by atoms with van der Waals surface area (Å²) in [7, 11) is 1.71.